The number of amides is 2. The summed E-state index contributed by atoms with van der Waals surface area (Å²) >= 11 is 0. The minimum Gasteiger partial charge on any atom is -0.356 e. The molecular formula is C21H32N4O2. The van der Waals surface area contributed by atoms with Crippen LogP contribution in [-0.2, 0) is 4.79 Å². The van der Waals surface area contributed by atoms with E-state index in [0.29, 0.717) is 18.7 Å². The molecule has 6 heteroatoms. The number of nitrogens with one attached hydrogen (secondary N) is 2. The van der Waals surface area contributed by atoms with Crippen molar-refractivity contribution >= 4 is 11.8 Å². The van der Waals surface area contributed by atoms with Crippen LogP contribution in [0.3, 0.4) is 0 Å². The third-order valence-corrected chi connectivity index (χ3v) is 5.54. The molecule has 2 aliphatic rings. The van der Waals surface area contributed by atoms with Gasteiger partial charge in [0.15, 0.2) is 0 Å². The fourth-order valence-corrected chi connectivity index (χ4v) is 3.85. The molecule has 0 spiro atoms. The first kappa shape index (κ1) is 19.8. The molecule has 2 N–H and O–H groups in total. The molecule has 0 aliphatic carbocycles. The van der Waals surface area contributed by atoms with Crippen LogP contribution in [0.25, 0.3) is 0 Å². The van der Waals surface area contributed by atoms with Gasteiger partial charge in [0.05, 0.1) is 5.92 Å². The second-order valence-corrected chi connectivity index (χ2v) is 7.69. The summed E-state index contributed by atoms with van der Waals surface area (Å²) in [5.41, 5.74) is 1.85. The van der Waals surface area contributed by atoms with Crippen LogP contribution in [0.1, 0.15) is 35.2 Å². The Kier molecular flexibility index (Phi) is 7.24. The molecule has 27 heavy (non-hydrogen) atoms. The van der Waals surface area contributed by atoms with Gasteiger partial charge in [0.25, 0.3) is 5.91 Å². The number of piperidine rings is 1. The zero-order valence-electron chi connectivity index (χ0n) is 16.4. The Morgan fingerprint density at radius 1 is 1.15 bits per heavy atom. The van der Waals surface area contributed by atoms with Crippen molar-refractivity contribution in [2.45, 2.75) is 26.2 Å². The van der Waals surface area contributed by atoms with E-state index < -0.39 is 0 Å². The average molecular weight is 373 g/mol. The Hall–Kier alpha value is -1.92. The molecule has 1 unspecified atom stereocenters. The first-order valence-electron chi connectivity index (χ1n) is 10.2. The lowest BCUT2D eigenvalue weighted by Gasteiger charge is -2.32. The fourth-order valence-electron chi connectivity index (χ4n) is 3.85. The van der Waals surface area contributed by atoms with Gasteiger partial charge >= 0.3 is 0 Å². The fraction of sp³-hybridized carbons (Fsp3) is 0.619. The van der Waals surface area contributed by atoms with Gasteiger partial charge in [-0.3, -0.25) is 9.59 Å². The van der Waals surface area contributed by atoms with E-state index in [4.69, 9.17) is 0 Å². The monoisotopic (exact) mass is 372 g/mol. The van der Waals surface area contributed by atoms with Gasteiger partial charge in [0.2, 0.25) is 5.91 Å². The molecule has 2 fully saturated rings. The Morgan fingerprint density at radius 3 is 2.63 bits per heavy atom. The summed E-state index contributed by atoms with van der Waals surface area (Å²) in [4.78, 5) is 29.5. The van der Waals surface area contributed by atoms with Crippen molar-refractivity contribution < 1.29 is 9.59 Å². The SMILES string of the molecule is Cc1ccc(C(=O)N2CCCC(C(=O)NCCCN3CCNCC3)C2)cc1. The molecule has 2 amide bonds. The van der Waals surface area contributed by atoms with E-state index in [1.807, 2.05) is 36.1 Å². The smallest absolute Gasteiger partial charge is 0.253 e. The van der Waals surface area contributed by atoms with Crippen molar-refractivity contribution in [3.63, 3.8) is 0 Å². The van der Waals surface area contributed by atoms with Crippen LogP contribution in [0.2, 0.25) is 0 Å². The number of hydrogen-bond acceptors (Lipinski definition) is 4. The summed E-state index contributed by atoms with van der Waals surface area (Å²) < 4.78 is 0. The van der Waals surface area contributed by atoms with E-state index in [-0.39, 0.29) is 17.7 Å². The number of hydrogen-bond donors (Lipinski definition) is 2. The summed E-state index contributed by atoms with van der Waals surface area (Å²) in [6.07, 6.45) is 2.72. The molecule has 0 aromatic heterocycles. The van der Waals surface area contributed by atoms with Crippen molar-refractivity contribution in [3.05, 3.63) is 35.4 Å². The number of likely N-dealkylation sites (tertiary alicyclic amines) is 1. The highest BCUT2D eigenvalue weighted by molar-refractivity contribution is 5.94. The quantitative estimate of drug-likeness (QED) is 0.738. The van der Waals surface area contributed by atoms with Crippen molar-refractivity contribution in [3.8, 4) is 0 Å². The number of nitrogens with zero attached hydrogens (tertiary/aromatic N) is 2. The summed E-state index contributed by atoms with van der Waals surface area (Å²) in [5.74, 6) is 0.0373. The maximum absolute atomic E-state index is 12.7. The van der Waals surface area contributed by atoms with Crippen LogP contribution in [0, 0.1) is 12.8 Å². The second-order valence-electron chi connectivity index (χ2n) is 7.69. The first-order valence-corrected chi connectivity index (χ1v) is 10.2. The van der Waals surface area contributed by atoms with E-state index in [1.165, 1.54) is 0 Å². The van der Waals surface area contributed by atoms with E-state index in [0.717, 1.165) is 64.1 Å². The number of benzene rings is 1. The van der Waals surface area contributed by atoms with Crippen molar-refractivity contribution in [1.82, 2.24) is 20.4 Å². The Morgan fingerprint density at radius 2 is 1.89 bits per heavy atom. The lowest BCUT2D eigenvalue weighted by atomic mass is 9.96. The van der Waals surface area contributed by atoms with Gasteiger partial charge in [-0.1, -0.05) is 17.7 Å². The minimum absolute atomic E-state index is 0.0335. The highest BCUT2D eigenvalue weighted by Crippen LogP contribution is 2.19. The van der Waals surface area contributed by atoms with Crippen molar-refractivity contribution in [1.29, 1.82) is 0 Å². The molecule has 2 saturated heterocycles. The summed E-state index contributed by atoms with van der Waals surface area (Å²) in [5, 5.41) is 6.43. The number of piperazine rings is 1. The summed E-state index contributed by atoms with van der Waals surface area (Å²) in [7, 11) is 0. The maximum atomic E-state index is 12.7. The van der Waals surface area contributed by atoms with Crippen LogP contribution < -0.4 is 10.6 Å². The van der Waals surface area contributed by atoms with Gasteiger partial charge in [-0.15, -0.1) is 0 Å². The Bertz CT molecular complexity index is 626. The normalized spacial score (nSPS) is 21.1. The lowest BCUT2D eigenvalue weighted by molar-refractivity contribution is -0.126. The molecule has 1 aromatic rings. The van der Waals surface area contributed by atoms with Gasteiger partial charge in [-0.2, -0.15) is 0 Å². The van der Waals surface area contributed by atoms with Gasteiger partial charge in [-0.25, -0.2) is 0 Å². The molecule has 3 rings (SSSR count). The molecule has 1 atom stereocenters. The van der Waals surface area contributed by atoms with Crippen LogP contribution >= 0.6 is 0 Å². The third-order valence-electron chi connectivity index (χ3n) is 5.54. The lowest BCUT2D eigenvalue weighted by Crippen LogP contribution is -2.46. The van der Waals surface area contributed by atoms with E-state index in [9.17, 15) is 9.59 Å². The molecule has 148 valence electrons. The molecule has 2 aliphatic heterocycles. The summed E-state index contributed by atoms with van der Waals surface area (Å²) in [6, 6.07) is 7.66. The zero-order chi connectivity index (χ0) is 19.1. The van der Waals surface area contributed by atoms with Crippen LogP contribution in [0.15, 0.2) is 24.3 Å². The van der Waals surface area contributed by atoms with Gasteiger partial charge < -0.3 is 20.4 Å². The van der Waals surface area contributed by atoms with Gasteiger partial charge in [-0.05, 0) is 44.9 Å². The Labute approximate surface area is 162 Å². The predicted octanol–water partition coefficient (Wildman–Crippen LogP) is 1.26. The first-order chi connectivity index (χ1) is 13.1. The minimum atomic E-state index is -0.0904. The molecule has 0 saturated carbocycles. The molecule has 0 radical (unpaired) electrons. The van der Waals surface area contributed by atoms with Crippen LogP contribution in [0.4, 0.5) is 0 Å². The molecule has 2 heterocycles. The van der Waals surface area contributed by atoms with E-state index in [2.05, 4.69) is 15.5 Å². The highest BCUT2D eigenvalue weighted by atomic mass is 16.2. The number of carbonyl (C=O) groups is 2. The van der Waals surface area contributed by atoms with Crippen LogP contribution in [-0.4, -0.2) is 74.0 Å². The molecular weight excluding hydrogens is 340 g/mol. The van der Waals surface area contributed by atoms with E-state index >= 15 is 0 Å². The molecule has 6 nitrogen and oxygen atoms in total. The largest absolute Gasteiger partial charge is 0.356 e. The standard InChI is InChI=1S/C21H32N4O2/c1-17-5-7-18(8-6-17)21(27)25-13-2-4-19(16-25)20(26)23-9-3-12-24-14-10-22-11-15-24/h5-8,19,22H,2-4,9-16H2,1H3,(H,23,26). The Balaban J connectivity index is 1.42. The predicted molar refractivity (Wildman–Crippen MR) is 107 cm³/mol. The molecule has 0 bridgehead atoms. The second kappa shape index (κ2) is 9.85. The zero-order valence-corrected chi connectivity index (χ0v) is 16.4. The number of aryl methyl sites for hydroxylation is 1. The van der Waals surface area contributed by atoms with Crippen LogP contribution in [0.5, 0.6) is 0 Å². The topological polar surface area (TPSA) is 64.7 Å². The van der Waals surface area contributed by atoms with E-state index in [1.54, 1.807) is 0 Å². The van der Waals surface area contributed by atoms with Crippen molar-refractivity contribution in [2.75, 3.05) is 52.4 Å². The number of carbonyl (C=O) groups excluding carboxylic acids is 2. The van der Waals surface area contributed by atoms with Gasteiger partial charge in [0, 0.05) is 51.4 Å². The molecule has 1 aromatic carbocycles. The summed E-state index contributed by atoms with van der Waals surface area (Å²) in [6.45, 7) is 9.31. The third kappa shape index (κ3) is 5.78. The van der Waals surface area contributed by atoms with Crippen molar-refractivity contribution in [2.24, 2.45) is 5.92 Å². The van der Waals surface area contributed by atoms with Gasteiger partial charge in [0.1, 0.15) is 0 Å². The average Bonchev–Trinajstić information content (AvgIpc) is 2.72. The number of rotatable bonds is 6. The highest BCUT2D eigenvalue weighted by Gasteiger charge is 2.28. The maximum Gasteiger partial charge on any atom is 0.253 e.